The van der Waals surface area contributed by atoms with Gasteiger partial charge in [-0.25, -0.2) is 0 Å². The van der Waals surface area contributed by atoms with E-state index in [1.165, 1.54) is 6.92 Å². The summed E-state index contributed by atoms with van der Waals surface area (Å²) in [4.78, 5) is 91.5. The van der Waals surface area contributed by atoms with Gasteiger partial charge in [-0.15, -0.1) is 0 Å². The molecule has 0 spiro atoms. The van der Waals surface area contributed by atoms with Gasteiger partial charge in [0.1, 0.15) is 6.04 Å². The summed E-state index contributed by atoms with van der Waals surface area (Å²) >= 11 is 0. The number of nitrogens with one attached hydrogen (secondary N) is 6. The third-order valence-electron chi connectivity index (χ3n) is 8.41. The molecule has 18 heteroatoms. The average molecular weight is 752 g/mol. The number of ketones is 1. The minimum atomic E-state index is -1.55. The summed E-state index contributed by atoms with van der Waals surface area (Å²) in [5, 5.41) is 23.6. The molecule has 53 heavy (non-hydrogen) atoms. The fourth-order valence-electron chi connectivity index (χ4n) is 5.32. The van der Waals surface area contributed by atoms with Crippen LogP contribution in [0.15, 0.2) is 5.10 Å². The lowest BCUT2D eigenvalue weighted by atomic mass is 9.88. The highest BCUT2D eigenvalue weighted by Crippen LogP contribution is 2.22. The largest absolute Gasteiger partial charge is 0.451 e. The molecule has 0 saturated carbocycles. The summed E-state index contributed by atoms with van der Waals surface area (Å²) in [6, 6.07) is -1.99. The summed E-state index contributed by atoms with van der Waals surface area (Å²) in [6.45, 7) is 12.5. The third kappa shape index (κ3) is 19.3. The van der Waals surface area contributed by atoms with Crippen molar-refractivity contribution >= 4 is 53.2 Å². The minimum Gasteiger partial charge on any atom is -0.451 e. The summed E-state index contributed by atoms with van der Waals surface area (Å²) in [6.07, 6.45) is 2.11. The van der Waals surface area contributed by atoms with E-state index >= 15 is 0 Å². The fourth-order valence-corrected chi connectivity index (χ4v) is 5.32. The summed E-state index contributed by atoms with van der Waals surface area (Å²) in [5.74, 6) is 1.57. The molecule has 1 aliphatic rings. The second-order valence-corrected chi connectivity index (χ2v) is 14.0. The van der Waals surface area contributed by atoms with Crippen LogP contribution in [0, 0.1) is 17.2 Å². The van der Waals surface area contributed by atoms with Crippen molar-refractivity contribution in [2.75, 3.05) is 52.5 Å². The van der Waals surface area contributed by atoms with E-state index in [1.807, 2.05) is 32.6 Å². The second-order valence-electron chi connectivity index (χ2n) is 14.0. The Morgan fingerprint density at radius 1 is 0.849 bits per heavy atom. The first-order chi connectivity index (χ1) is 25.0. The number of esters is 1. The first kappa shape index (κ1) is 46.6. The lowest BCUT2D eigenvalue weighted by Gasteiger charge is -2.32. The lowest BCUT2D eigenvalue weighted by molar-refractivity contribution is -0.167. The van der Waals surface area contributed by atoms with Crippen LogP contribution in [0.5, 0.6) is 0 Å². The van der Waals surface area contributed by atoms with Gasteiger partial charge in [0.25, 0.3) is 0 Å². The van der Waals surface area contributed by atoms with Gasteiger partial charge in [0.2, 0.25) is 29.5 Å². The van der Waals surface area contributed by atoms with Crippen molar-refractivity contribution in [1.29, 1.82) is 5.41 Å². The van der Waals surface area contributed by atoms with Gasteiger partial charge in [0.05, 0.1) is 44.6 Å². The first-order valence-electron chi connectivity index (χ1n) is 18.3. The van der Waals surface area contributed by atoms with E-state index < -0.39 is 53.7 Å². The number of amides is 5. The summed E-state index contributed by atoms with van der Waals surface area (Å²) < 4.78 is 10.9. The normalized spacial score (nSPS) is 15.7. The van der Waals surface area contributed by atoms with Gasteiger partial charge < -0.3 is 47.3 Å². The number of hydrazone groups is 1. The van der Waals surface area contributed by atoms with Gasteiger partial charge in [-0.05, 0) is 44.4 Å². The first-order valence-corrected chi connectivity index (χ1v) is 18.3. The van der Waals surface area contributed by atoms with Crippen molar-refractivity contribution in [3.8, 4) is 0 Å². The number of nitrogens with zero attached hydrogens (tertiary/aromatic N) is 2. The van der Waals surface area contributed by atoms with Crippen LogP contribution < -0.4 is 32.4 Å². The molecule has 0 aliphatic carbocycles. The maximum atomic E-state index is 13.8. The Labute approximate surface area is 312 Å². The second kappa shape index (κ2) is 24.7. The molecule has 300 valence electrons. The van der Waals surface area contributed by atoms with Gasteiger partial charge >= 0.3 is 5.97 Å². The van der Waals surface area contributed by atoms with Crippen LogP contribution in [0.1, 0.15) is 86.5 Å². The van der Waals surface area contributed by atoms with Crippen molar-refractivity contribution in [2.24, 2.45) is 22.8 Å². The van der Waals surface area contributed by atoms with Crippen molar-refractivity contribution in [3.63, 3.8) is 0 Å². The number of Topliss-reactive ketones (excluding diaryl/α,β-unsaturated/α-hetero) is 1. The Morgan fingerprint density at radius 3 is 2.00 bits per heavy atom. The molecule has 18 nitrogen and oxygen atoms in total. The molecule has 0 bridgehead atoms. The Balaban J connectivity index is 2.71. The number of carbonyl (C=O) groups is 7. The number of ether oxygens (including phenoxy) is 2. The minimum absolute atomic E-state index is 0.0146. The van der Waals surface area contributed by atoms with E-state index in [2.05, 4.69) is 31.7 Å². The Hall–Kier alpha value is -4.45. The highest BCUT2D eigenvalue weighted by atomic mass is 16.6. The quantitative estimate of drug-likeness (QED) is 0.0206. The number of hydrogen-bond donors (Lipinski definition) is 7. The van der Waals surface area contributed by atoms with Gasteiger partial charge in [-0.2, -0.15) is 5.10 Å². The number of carbonyl (C=O) groups excluding carboxylic acids is 7. The van der Waals surface area contributed by atoms with Crippen LogP contribution in [0.3, 0.4) is 0 Å². The SMILES string of the molecule is CC[C@@](C)(OC(=O)CCCNC(=O)CCC(C=N)=NN)C(=O)[C@H](CC(C)C)NC(=O)CNC(=O)[C@H](CC(C)C)NC(=O)CNC(=O)CN1CCOCC1. The van der Waals surface area contributed by atoms with Crippen molar-refractivity contribution in [3.05, 3.63) is 0 Å². The van der Waals surface area contributed by atoms with Crippen LogP contribution in [0.2, 0.25) is 0 Å². The van der Waals surface area contributed by atoms with Crippen LogP contribution in [0.25, 0.3) is 0 Å². The maximum absolute atomic E-state index is 13.8. The van der Waals surface area contributed by atoms with E-state index in [-0.39, 0.29) is 93.9 Å². The molecule has 0 radical (unpaired) electrons. The molecule has 0 unspecified atom stereocenters. The molecule has 0 aromatic rings. The Bertz CT molecular complexity index is 1290. The zero-order valence-corrected chi connectivity index (χ0v) is 32.1. The highest BCUT2D eigenvalue weighted by Gasteiger charge is 2.40. The Morgan fingerprint density at radius 2 is 1.43 bits per heavy atom. The fraction of sp³-hybridized carbons (Fsp3) is 0.743. The topological polar surface area (TPSA) is 264 Å². The smallest absolute Gasteiger partial charge is 0.306 e. The number of hydrogen-bond acceptors (Lipinski definition) is 13. The summed E-state index contributed by atoms with van der Waals surface area (Å²) in [7, 11) is 0. The standard InChI is InChI=1S/C35H61N9O9/c1-7-35(6,53-32(49)9-8-12-38-28(45)11-10-25(19-36)43-37)33(50)26(17-23(2)3)41-30(47)21-40-34(51)27(18-24(4)5)42-29(46)20-39-31(48)22-44-13-15-52-16-14-44/h19,23-24,26-27,36H,7-18,20-22,37H2,1-6H3,(H,38,45)(H,39,48)(H,40,51)(H,41,47)(H,42,46)/t26-,27-,35+/m0/s1. The van der Waals surface area contributed by atoms with Crippen LogP contribution >= 0.6 is 0 Å². The van der Waals surface area contributed by atoms with E-state index in [0.29, 0.717) is 26.3 Å². The molecule has 0 aromatic carbocycles. The molecule has 5 amide bonds. The predicted octanol–water partition coefficient (Wildman–Crippen LogP) is -0.465. The number of morpholine rings is 1. The van der Waals surface area contributed by atoms with E-state index in [4.69, 9.17) is 20.7 Å². The zero-order valence-electron chi connectivity index (χ0n) is 32.1. The molecule has 1 saturated heterocycles. The molecule has 8 N–H and O–H groups in total. The van der Waals surface area contributed by atoms with Crippen molar-refractivity contribution in [2.45, 2.75) is 104 Å². The van der Waals surface area contributed by atoms with Gasteiger partial charge in [0, 0.05) is 45.1 Å². The number of rotatable bonds is 25. The Kier molecular flexibility index (Phi) is 21.7. The average Bonchev–Trinajstić information content (AvgIpc) is 3.11. The van der Waals surface area contributed by atoms with Crippen LogP contribution in [-0.2, 0) is 43.0 Å². The monoisotopic (exact) mass is 751 g/mol. The molecule has 1 rings (SSSR count). The number of nitrogens with two attached hydrogens (primary N) is 1. The maximum Gasteiger partial charge on any atom is 0.306 e. The van der Waals surface area contributed by atoms with Gasteiger partial charge in [-0.1, -0.05) is 34.6 Å². The summed E-state index contributed by atoms with van der Waals surface area (Å²) in [5.41, 5.74) is -1.27. The molecule has 1 aliphatic heterocycles. The van der Waals surface area contributed by atoms with Gasteiger partial charge in [0.15, 0.2) is 11.4 Å². The van der Waals surface area contributed by atoms with E-state index in [9.17, 15) is 33.6 Å². The van der Waals surface area contributed by atoms with Gasteiger partial charge in [-0.3, -0.25) is 38.5 Å². The zero-order chi connectivity index (χ0) is 40.0. The predicted molar refractivity (Wildman–Crippen MR) is 198 cm³/mol. The molecule has 1 heterocycles. The molecule has 1 fully saturated rings. The van der Waals surface area contributed by atoms with E-state index in [1.54, 1.807) is 6.92 Å². The van der Waals surface area contributed by atoms with Crippen LogP contribution in [0.4, 0.5) is 0 Å². The molecule has 3 atom stereocenters. The van der Waals surface area contributed by atoms with Crippen molar-refractivity contribution < 1.29 is 43.0 Å². The molecule has 0 aromatic heterocycles. The lowest BCUT2D eigenvalue weighted by Crippen LogP contribution is -2.55. The van der Waals surface area contributed by atoms with E-state index in [0.717, 1.165) is 6.21 Å². The van der Waals surface area contributed by atoms with Crippen LogP contribution in [-0.4, -0.2) is 128 Å². The molecular weight excluding hydrogens is 690 g/mol. The van der Waals surface area contributed by atoms with Crippen molar-refractivity contribution in [1.82, 2.24) is 31.5 Å². The molecular formula is C35H61N9O9. The highest BCUT2D eigenvalue weighted by molar-refractivity contribution is 6.29. The third-order valence-corrected chi connectivity index (χ3v) is 8.41.